The van der Waals surface area contributed by atoms with E-state index in [9.17, 15) is 42.9 Å². The predicted molar refractivity (Wildman–Crippen MR) is 212 cm³/mol. The fourth-order valence-corrected chi connectivity index (χ4v) is 6.36. The van der Waals surface area contributed by atoms with Crippen molar-refractivity contribution in [3.05, 3.63) is 118 Å². The topological polar surface area (TPSA) is 226 Å². The molecule has 0 unspecified atom stereocenters. The van der Waals surface area contributed by atoms with Crippen molar-refractivity contribution in [2.75, 3.05) is 0 Å². The number of nitriles is 1. The largest absolute Gasteiger partial charge is 1.00 e. The van der Waals surface area contributed by atoms with Crippen molar-refractivity contribution in [1.82, 2.24) is 15.0 Å². The molecular formula is C40H32F3N7O6RuS2+. The molecule has 0 bridgehead atoms. The second-order valence-corrected chi connectivity index (χ2v) is 13.7. The second kappa shape index (κ2) is 22.0. The van der Waals surface area contributed by atoms with Crippen LogP contribution in [0, 0.1) is 27.9 Å². The molecule has 13 nitrogen and oxygen atoms in total. The molecule has 0 atom stereocenters. The smallest absolute Gasteiger partial charge is 0.697 e. The van der Waals surface area contributed by atoms with Crippen molar-refractivity contribution in [2.24, 2.45) is 0 Å². The molecular weight excluding hydrogens is 897 g/mol. The molecule has 0 spiro atoms. The fraction of sp³-hybridized carbons (Fsp3) is 0.175. The first-order chi connectivity index (χ1) is 27.6. The van der Waals surface area contributed by atoms with E-state index in [0.29, 0.717) is 6.08 Å². The number of nitrogens with zero attached hydrogens (tertiary/aromatic N) is 5. The van der Waals surface area contributed by atoms with E-state index in [4.69, 9.17) is 16.4 Å². The van der Waals surface area contributed by atoms with Gasteiger partial charge < -0.3 is 21.1 Å². The maximum absolute atomic E-state index is 12.5. The minimum atomic E-state index is -4.78. The molecule has 19 heteroatoms. The van der Waals surface area contributed by atoms with Crippen LogP contribution < -0.4 is 4.57 Å². The van der Waals surface area contributed by atoms with E-state index >= 15 is 0 Å². The Hall–Kier alpha value is -6.27. The molecule has 0 saturated carbocycles. The Bertz CT molecular complexity index is 2420. The monoisotopic (exact) mass is 929 g/mol. The second-order valence-electron chi connectivity index (χ2n) is 11.9. The average Bonchev–Trinajstić information content (AvgIpc) is 3.68. The third-order valence-electron chi connectivity index (χ3n) is 7.85. The molecule has 59 heavy (non-hydrogen) atoms. The molecule has 0 amide bonds. The quantitative estimate of drug-likeness (QED) is 0.0217. The summed E-state index contributed by atoms with van der Waals surface area (Å²) in [5.41, 5.74) is 7.10. The van der Waals surface area contributed by atoms with Gasteiger partial charge in [-0.25, -0.2) is 24.4 Å². The van der Waals surface area contributed by atoms with Crippen LogP contribution in [-0.4, -0.2) is 60.1 Å². The van der Waals surface area contributed by atoms with Crippen molar-refractivity contribution in [1.29, 1.82) is 10.7 Å². The number of rotatable bonds is 13. The van der Waals surface area contributed by atoms with Gasteiger partial charge in [0, 0.05) is 59.5 Å². The van der Waals surface area contributed by atoms with Crippen molar-refractivity contribution < 1.29 is 66.9 Å². The molecule has 1 radical (unpaired) electrons. The summed E-state index contributed by atoms with van der Waals surface area (Å²) in [6, 6.07) is 14.8. The van der Waals surface area contributed by atoms with Gasteiger partial charge in [0.2, 0.25) is 17.3 Å². The van der Waals surface area contributed by atoms with Gasteiger partial charge in [0.25, 0.3) is 0 Å². The summed E-state index contributed by atoms with van der Waals surface area (Å²) < 4.78 is 38.9. The molecule has 5 aromatic heterocycles. The Morgan fingerprint density at radius 2 is 1.46 bits per heavy atom. The Morgan fingerprint density at radius 3 is 1.98 bits per heavy atom. The minimum Gasteiger partial charge on any atom is -0.697 e. The summed E-state index contributed by atoms with van der Waals surface area (Å²) in [4.78, 5) is 48.6. The Labute approximate surface area is 356 Å². The first-order valence-corrected chi connectivity index (χ1v) is 18.8. The molecule has 0 aliphatic carbocycles. The number of carboxylic acids is 3. The van der Waals surface area contributed by atoms with Gasteiger partial charge in [-0.05, 0) is 66.6 Å². The van der Waals surface area contributed by atoms with E-state index in [2.05, 4.69) is 33.7 Å². The van der Waals surface area contributed by atoms with Gasteiger partial charge in [-0.1, -0.05) is 31.6 Å². The molecule has 0 aliphatic rings. The third kappa shape index (κ3) is 13.4. The number of carboxylic acid groups (broad SMARTS) is 3. The van der Waals surface area contributed by atoms with E-state index < -0.39 is 35.5 Å². The number of allylic oxidation sites excluding steroid dienone is 1. The third-order valence-corrected chi connectivity index (χ3v) is 9.41. The normalized spacial score (nSPS) is 10.8. The number of carbonyl (C=O) groups is 3. The number of aromatic carboxylic acids is 3. The number of pyridine rings is 4. The molecule has 5 heterocycles. The number of hydrogen-bond acceptors (Lipinski definition) is 10. The summed E-state index contributed by atoms with van der Waals surface area (Å²) in [5, 5.41) is 46.1. The first-order valence-electron chi connectivity index (χ1n) is 17.0. The number of thiocyanates is 1. The van der Waals surface area contributed by atoms with Gasteiger partial charge in [-0.3, -0.25) is 10.4 Å². The number of thioether (sulfide) groups is 1. The van der Waals surface area contributed by atoms with E-state index in [-0.39, 0.29) is 70.5 Å². The number of aromatic nitrogens is 4. The van der Waals surface area contributed by atoms with Gasteiger partial charge in [0.1, 0.15) is 22.5 Å². The van der Waals surface area contributed by atoms with Crippen LogP contribution in [0.4, 0.5) is 13.2 Å². The number of unbranched alkanes of at least 4 members (excludes halogenated alkanes) is 3. The number of alkyl halides is 3. The van der Waals surface area contributed by atoms with Crippen LogP contribution in [0.2, 0.25) is 0 Å². The fourth-order valence-electron chi connectivity index (χ4n) is 5.01. The standard InChI is InChI=1S/C20H19F3N3S.C20H12N4O6S.Ru/c1-2-3-4-5-6-7-15-8-9-18(27-15)14-10-11-26-17(12-14)16(24)13-19(25)20(21,22)23;21-9-31-10-24-16(14-5-11(18(25)26)1-3-22-14)7-13(20(29)30)8-17(24)15-6-12(19(27)28)2-4-23-15;/h8-13,24-25H,2-5H2,1H3;1-8H,10H2,(H2-,25,26,27,28,29,30);/q-1;;+1/p+1/b16-13-,25-19?;;. The average molecular weight is 929 g/mol. The summed E-state index contributed by atoms with van der Waals surface area (Å²) >= 11 is 2.33. The van der Waals surface area contributed by atoms with E-state index in [1.54, 1.807) is 12.1 Å². The molecule has 0 aromatic carbocycles. The zero-order valence-corrected chi connectivity index (χ0v) is 34.1. The van der Waals surface area contributed by atoms with Crippen LogP contribution in [0.5, 0.6) is 0 Å². The molecule has 0 saturated heterocycles. The molecule has 303 valence electrons. The van der Waals surface area contributed by atoms with E-state index in [0.717, 1.165) is 46.3 Å². The van der Waals surface area contributed by atoms with Crippen molar-refractivity contribution in [3.8, 4) is 50.5 Å². The van der Waals surface area contributed by atoms with Crippen LogP contribution in [0.1, 0.15) is 74.3 Å². The zero-order valence-electron chi connectivity index (χ0n) is 30.7. The Kier molecular flexibility index (Phi) is 17.6. The summed E-state index contributed by atoms with van der Waals surface area (Å²) in [7, 11) is 0. The Balaban J connectivity index is 0.000000313. The molecule has 5 rings (SSSR count). The van der Waals surface area contributed by atoms with Crippen LogP contribution in [0.15, 0.2) is 85.3 Å². The van der Waals surface area contributed by atoms with E-state index in [1.807, 2.05) is 17.5 Å². The first kappa shape index (κ1) is 47.1. The van der Waals surface area contributed by atoms with E-state index in [1.165, 1.54) is 77.3 Å². The van der Waals surface area contributed by atoms with Crippen molar-refractivity contribution in [3.63, 3.8) is 0 Å². The summed E-state index contributed by atoms with van der Waals surface area (Å²) in [5.74, 6) is 2.66. The number of nitrogens with one attached hydrogen (secondary N) is 2. The van der Waals surface area contributed by atoms with Gasteiger partial charge >= 0.3 is 43.6 Å². The minimum absolute atomic E-state index is 0. The molecule has 0 aliphatic heterocycles. The number of hydrogen-bond donors (Lipinski definition) is 4. The maximum atomic E-state index is 12.5. The van der Waals surface area contributed by atoms with Crippen LogP contribution in [0.25, 0.3) is 44.6 Å². The van der Waals surface area contributed by atoms with Crippen LogP contribution in [0.3, 0.4) is 0 Å². The van der Waals surface area contributed by atoms with Gasteiger partial charge in [0.05, 0.1) is 21.6 Å². The van der Waals surface area contributed by atoms with Gasteiger partial charge in [-0.2, -0.15) is 23.0 Å². The van der Waals surface area contributed by atoms with Crippen molar-refractivity contribution in [2.45, 2.75) is 44.7 Å². The van der Waals surface area contributed by atoms with Crippen LogP contribution in [-0.2, 0) is 25.4 Å². The number of thiophene rings is 1. The summed E-state index contributed by atoms with van der Waals surface area (Å²) in [6.07, 6.45) is 3.95. The van der Waals surface area contributed by atoms with Gasteiger partial charge in [0.15, 0.2) is 0 Å². The molecule has 0 fully saturated rings. The molecule has 5 N–H and O–H groups in total. The number of halogens is 3. The summed E-state index contributed by atoms with van der Waals surface area (Å²) in [6.45, 7) is 2.14. The molecule has 5 aromatic rings. The Morgan fingerprint density at radius 1 is 0.881 bits per heavy atom. The zero-order chi connectivity index (χ0) is 42.4. The SMILES string of the molecule is CCCCCC#Cc1ccc(-c2ccnc(/C([NH-])=C/C(=N)C(F)(F)F)c2)s1.N#CSC[n+]1c(-c2cc(C(=O)O)ccn2)cc(C(=O)O)cc1-c1cc(C(=O)O)ccn1.[Ru+]. The maximum Gasteiger partial charge on any atom is 1.00 e. The van der Waals surface area contributed by atoms with Gasteiger partial charge in [-0.15, -0.1) is 17.0 Å². The predicted octanol–water partition coefficient (Wildman–Crippen LogP) is 9.08. The van der Waals surface area contributed by atoms with Crippen LogP contribution >= 0.6 is 23.1 Å². The van der Waals surface area contributed by atoms with Crippen molar-refractivity contribution >= 4 is 52.4 Å².